The molecule has 0 bridgehead atoms. The van der Waals surface area contributed by atoms with Crippen molar-refractivity contribution in [3.8, 4) is 0 Å². The van der Waals surface area contributed by atoms with Crippen molar-refractivity contribution in [3.63, 3.8) is 0 Å². The quantitative estimate of drug-likeness (QED) is 0.753. The predicted octanol–water partition coefficient (Wildman–Crippen LogP) is 3.65. The summed E-state index contributed by atoms with van der Waals surface area (Å²) in [7, 11) is 0. The van der Waals surface area contributed by atoms with E-state index in [2.05, 4.69) is 15.3 Å². The number of H-pyrrole nitrogens is 1. The third-order valence-electron chi connectivity index (χ3n) is 4.80. The number of carbonyl (C=O) groups excluding carboxylic acids is 1. The summed E-state index contributed by atoms with van der Waals surface area (Å²) < 4.78 is 5.52. The highest BCUT2D eigenvalue weighted by Crippen LogP contribution is 2.33. The van der Waals surface area contributed by atoms with Crippen LogP contribution in [0.5, 0.6) is 0 Å². The van der Waals surface area contributed by atoms with Gasteiger partial charge in [-0.15, -0.1) is 0 Å². The Morgan fingerprint density at radius 2 is 1.92 bits per heavy atom. The molecule has 3 heterocycles. The number of halogens is 1. The van der Waals surface area contributed by atoms with Gasteiger partial charge in [0.05, 0.1) is 11.1 Å². The number of amides is 1. The van der Waals surface area contributed by atoms with Crippen LogP contribution in [0.3, 0.4) is 0 Å². The van der Waals surface area contributed by atoms with E-state index in [0.717, 1.165) is 23.8 Å². The van der Waals surface area contributed by atoms with Gasteiger partial charge in [0.2, 0.25) is 0 Å². The lowest BCUT2D eigenvalue weighted by Crippen LogP contribution is -2.49. The monoisotopic (exact) mass is 355 g/mol. The second kappa shape index (κ2) is 6.50. The average molecular weight is 356 g/mol. The van der Waals surface area contributed by atoms with E-state index in [4.69, 9.17) is 16.3 Å². The summed E-state index contributed by atoms with van der Waals surface area (Å²) in [5.74, 6) is -0.108. The van der Waals surface area contributed by atoms with Crippen LogP contribution < -0.4 is 5.32 Å². The fraction of sp³-hybridized carbons (Fsp3) is 0.263. The number of nitrogens with one attached hydrogen (secondary N) is 2. The Morgan fingerprint density at radius 1 is 1.16 bits per heavy atom. The molecule has 1 aliphatic heterocycles. The second-order valence-electron chi connectivity index (χ2n) is 6.25. The molecule has 2 aromatic heterocycles. The summed E-state index contributed by atoms with van der Waals surface area (Å²) in [6.45, 7) is 1.22. The van der Waals surface area contributed by atoms with Gasteiger partial charge in [-0.3, -0.25) is 4.79 Å². The maximum Gasteiger partial charge on any atom is 0.252 e. The minimum atomic E-state index is -0.453. The van der Waals surface area contributed by atoms with E-state index in [9.17, 15) is 4.79 Å². The van der Waals surface area contributed by atoms with Crippen molar-refractivity contribution in [1.29, 1.82) is 0 Å². The third kappa shape index (κ3) is 3.01. The maximum absolute atomic E-state index is 13.1. The van der Waals surface area contributed by atoms with E-state index in [1.807, 2.05) is 30.3 Å². The molecule has 1 aliphatic rings. The number of hydrogen-bond donors (Lipinski definition) is 2. The van der Waals surface area contributed by atoms with Crippen molar-refractivity contribution >= 4 is 28.5 Å². The van der Waals surface area contributed by atoms with Crippen LogP contribution in [0.2, 0.25) is 5.02 Å². The number of fused-ring (bicyclic) bond motifs is 1. The lowest BCUT2D eigenvalue weighted by Gasteiger charge is -2.38. The lowest BCUT2D eigenvalue weighted by atomic mass is 9.82. The van der Waals surface area contributed by atoms with Crippen molar-refractivity contribution in [2.24, 2.45) is 0 Å². The lowest BCUT2D eigenvalue weighted by molar-refractivity contribution is 0.0346. The van der Waals surface area contributed by atoms with Crippen LogP contribution in [0.15, 0.2) is 48.8 Å². The summed E-state index contributed by atoms with van der Waals surface area (Å²) in [6, 6.07) is 11.3. The summed E-state index contributed by atoms with van der Waals surface area (Å²) >= 11 is 6.03. The zero-order valence-electron chi connectivity index (χ0n) is 13.6. The largest absolute Gasteiger partial charge is 0.381 e. The summed E-state index contributed by atoms with van der Waals surface area (Å²) in [5, 5.41) is 4.76. The van der Waals surface area contributed by atoms with E-state index in [1.54, 1.807) is 18.5 Å². The first-order valence-corrected chi connectivity index (χ1v) is 8.64. The summed E-state index contributed by atoms with van der Waals surface area (Å²) in [4.78, 5) is 20.3. The van der Waals surface area contributed by atoms with Gasteiger partial charge in [-0.05, 0) is 42.7 Å². The fourth-order valence-electron chi connectivity index (χ4n) is 3.42. The van der Waals surface area contributed by atoms with Crippen LogP contribution in [-0.4, -0.2) is 29.1 Å². The number of aromatic amines is 1. The molecular weight excluding hydrogens is 338 g/mol. The molecule has 0 spiro atoms. The van der Waals surface area contributed by atoms with E-state index < -0.39 is 5.54 Å². The van der Waals surface area contributed by atoms with Gasteiger partial charge in [0.15, 0.2) is 0 Å². The molecule has 0 atom stereocenters. The first-order valence-electron chi connectivity index (χ1n) is 8.26. The third-order valence-corrected chi connectivity index (χ3v) is 5.05. The van der Waals surface area contributed by atoms with Crippen LogP contribution in [0, 0.1) is 0 Å². The van der Waals surface area contributed by atoms with E-state index >= 15 is 0 Å². The van der Waals surface area contributed by atoms with Crippen molar-refractivity contribution in [2.75, 3.05) is 13.2 Å². The van der Waals surface area contributed by atoms with Crippen LogP contribution in [0.25, 0.3) is 11.0 Å². The number of hydrogen-bond acceptors (Lipinski definition) is 3. The molecule has 5 nitrogen and oxygen atoms in total. The predicted molar refractivity (Wildman–Crippen MR) is 96.7 cm³/mol. The number of nitrogens with zero attached hydrogens (tertiary/aromatic N) is 1. The molecule has 0 radical (unpaired) electrons. The molecule has 3 aromatic rings. The highest BCUT2D eigenvalue weighted by atomic mass is 35.5. The number of aromatic nitrogens is 2. The fourth-order valence-corrected chi connectivity index (χ4v) is 3.54. The Bertz CT molecular complexity index is 898. The molecule has 0 unspecified atom stereocenters. The minimum absolute atomic E-state index is 0.108. The second-order valence-corrected chi connectivity index (χ2v) is 6.69. The van der Waals surface area contributed by atoms with Crippen molar-refractivity contribution in [2.45, 2.75) is 18.4 Å². The smallest absolute Gasteiger partial charge is 0.252 e. The molecule has 0 saturated carbocycles. The molecule has 1 saturated heterocycles. The zero-order valence-corrected chi connectivity index (χ0v) is 14.3. The van der Waals surface area contributed by atoms with Crippen LogP contribution in [0.4, 0.5) is 0 Å². The maximum atomic E-state index is 13.1. The Labute approximate surface area is 150 Å². The van der Waals surface area contributed by atoms with Crippen molar-refractivity contribution in [3.05, 3.63) is 64.9 Å². The summed E-state index contributed by atoms with van der Waals surface area (Å²) in [6.07, 6.45) is 4.88. The molecule has 25 heavy (non-hydrogen) atoms. The number of carbonyl (C=O) groups is 1. The zero-order chi connectivity index (χ0) is 17.3. The van der Waals surface area contributed by atoms with Gasteiger partial charge in [0, 0.05) is 36.0 Å². The standard InChI is InChI=1S/C19H18ClN3O2/c20-14-3-1-13(2-4-14)19(7-11-25-12-8-19)23-18(24)16-6-10-22-17-15(16)5-9-21-17/h1-6,9-10H,7-8,11-12H2,(H,21,22)(H,23,24). The van der Waals surface area contributed by atoms with Crippen LogP contribution in [0.1, 0.15) is 28.8 Å². The van der Waals surface area contributed by atoms with Gasteiger partial charge in [-0.1, -0.05) is 23.7 Å². The Balaban J connectivity index is 1.70. The molecule has 4 rings (SSSR count). The first-order chi connectivity index (χ1) is 12.2. The van der Waals surface area contributed by atoms with Gasteiger partial charge in [-0.25, -0.2) is 4.98 Å². The van der Waals surface area contributed by atoms with E-state index in [1.165, 1.54) is 0 Å². The van der Waals surface area contributed by atoms with Gasteiger partial charge in [0.25, 0.3) is 5.91 Å². The molecule has 1 amide bonds. The van der Waals surface area contributed by atoms with Crippen LogP contribution in [-0.2, 0) is 10.3 Å². The number of benzene rings is 1. The Kier molecular flexibility index (Phi) is 4.19. The highest BCUT2D eigenvalue weighted by Gasteiger charge is 2.36. The Hall–Kier alpha value is -2.37. The van der Waals surface area contributed by atoms with E-state index in [0.29, 0.717) is 29.4 Å². The van der Waals surface area contributed by atoms with Gasteiger partial charge >= 0.3 is 0 Å². The molecule has 1 fully saturated rings. The number of ether oxygens (including phenoxy) is 1. The molecule has 0 aliphatic carbocycles. The van der Waals surface area contributed by atoms with E-state index in [-0.39, 0.29) is 5.91 Å². The minimum Gasteiger partial charge on any atom is -0.381 e. The SMILES string of the molecule is O=C(NC1(c2ccc(Cl)cc2)CCOCC1)c1ccnc2[nH]ccc12. The van der Waals surface area contributed by atoms with Gasteiger partial charge < -0.3 is 15.0 Å². The average Bonchev–Trinajstić information content (AvgIpc) is 3.11. The van der Waals surface area contributed by atoms with Crippen LogP contribution >= 0.6 is 11.6 Å². The number of pyridine rings is 1. The summed E-state index contributed by atoms with van der Waals surface area (Å²) in [5.41, 5.74) is 1.92. The van der Waals surface area contributed by atoms with Gasteiger partial charge in [-0.2, -0.15) is 0 Å². The van der Waals surface area contributed by atoms with Crippen molar-refractivity contribution < 1.29 is 9.53 Å². The Morgan fingerprint density at radius 3 is 2.68 bits per heavy atom. The van der Waals surface area contributed by atoms with Crippen molar-refractivity contribution in [1.82, 2.24) is 15.3 Å². The molecule has 2 N–H and O–H groups in total. The molecule has 1 aromatic carbocycles. The molecule has 128 valence electrons. The highest BCUT2D eigenvalue weighted by molar-refractivity contribution is 6.30. The number of rotatable bonds is 3. The van der Waals surface area contributed by atoms with Gasteiger partial charge in [0.1, 0.15) is 5.65 Å². The normalized spacial score (nSPS) is 16.7. The molecule has 6 heteroatoms. The first kappa shape index (κ1) is 16.1. The molecular formula is C19H18ClN3O2. The topological polar surface area (TPSA) is 67.0 Å².